The Morgan fingerprint density at radius 2 is 1.67 bits per heavy atom. The number of carbonyl (C=O) groups excluding carboxylic acids is 1. The van der Waals surface area contributed by atoms with Crippen LogP contribution < -0.4 is 0 Å². The lowest BCUT2D eigenvalue weighted by molar-refractivity contribution is -0.118. The summed E-state index contributed by atoms with van der Waals surface area (Å²) in [7, 11) is 0. The van der Waals surface area contributed by atoms with Crippen LogP contribution in [0.25, 0.3) is 6.08 Å². The zero-order chi connectivity index (χ0) is 14.9. The molecular formula is C20H20O. The third kappa shape index (κ3) is 2.56. The molecule has 0 heterocycles. The summed E-state index contributed by atoms with van der Waals surface area (Å²) >= 11 is 0. The Bertz CT molecular complexity index is 680. The van der Waals surface area contributed by atoms with E-state index in [1.165, 1.54) is 5.56 Å². The Labute approximate surface area is 126 Å². The van der Waals surface area contributed by atoms with Crippen molar-refractivity contribution < 1.29 is 4.79 Å². The summed E-state index contributed by atoms with van der Waals surface area (Å²) in [6.07, 6.45) is 3.80. The topological polar surface area (TPSA) is 17.1 Å². The molecular weight excluding hydrogens is 256 g/mol. The minimum atomic E-state index is -0.367. The highest BCUT2D eigenvalue weighted by Gasteiger charge is 2.41. The fraction of sp³-hybridized carbons (Fsp3) is 0.250. The van der Waals surface area contributed by atoms with Crippen LogP contribution in [0.4, 0.5) is 0 Å². The van der Waals surface area contributed by atoms with Crippen LogP contribution in [0.15, 0.2) is 60.2 Å². The van der Waals surface area contributed by atoms with Crippen molar-refractivity contribution in [2.75, 3.05) is 0 Å². The molecule has 0 saturated heterocycles. The van der Waals surface area contributed by atoms with E-state index < -0.39 is 0 Å². The summed E-state index contributed by atoms with van der Waals surface area (Å²) in [5, 5.41) is 0. The van der Waals surface area contributed by atoms with Gasteiger partial charge in [0.1, 0.15) is 0 Å². The average molecular weight is 276 g/mol. The van der Waals surface area contributed by atoms with Crippen molar-refractivity contribution in [3.05, 3.63) is 76.9 Å². The van der Waals surface area contributed by atoms with E-state index >= 15 is 0 Å². The zero-order valence-corrected chi connectivity index (χ0v) is 12.6. The summed E-state index contributed by atoms with van der Waals surface area (Å²) in [5.74, 6) is 0.273. The van der Waals surface area contributed by atoms with Gasteiger partial charge in [0.05, 0.1) is 5.41 Å². The number of benzene rings is 2. The Morgan fingerprint density at radius 3 is 2.33 bits per heavy atom. The second-order valence-corrected chi connectivity index (χ2v) is 6.11. The number of hydrogen-bond donors (Lipinski definition) is 0. The van der Waals surface area contributed by atoms with E-state index in [-0.39, 0.29) is 11.2 Å². The van der Waals surface area contributed by atoms with Gasteiger partial charge in [-0.2, -0.15) is 0 Å². The van der Waals surface area contributed by atoms with Gasteiger partial charge in [-0.1, -0.05) is 60.2 Å². The molecule has 106 valence electrons. The standard InChI is InChI=1S/C20H20O/c1-15-8-10-18(11-9-15)20(2)13-12-17(19(20)21)14-16-6-4-3-5-7-16/h3-11,14H,12-13H2,1-2H3/b17-14+. The third-order valence-corrected chi connectivity index (χ3v) is 4.52. The third-order valence-electron chi connectivity index (χ3n) is 4.52. The molecule has 1 unspecified atom stereocenters. The molecule has 0 N–H and O–H groups in total. The number of allylic oxidation sites excluding steroid dienone is 1. The first kappa shape index (κ1) is 13.8. The van der Waals surface area contributed by atoms with Crippen molar-refractivity contribution in [2.24, 2.45) is 0 Å². The van der Waals surface area contributed by atoms with E-state index in [1.807, 2.05) is 36.4 Å². The van der Waals surface area contributed by atoms with Gasteiger partial charge in [-0.3, -0.25) is 4.79 Å². The van der Waals surface area contributed by atoms with Crippen LogP contribution >= 0.6 is 0 Å². The van der Waals surface area contributed by atoms with Gasteiger partial charge in [0, 0.05) is 0 Å². The van der Waals surface area contributed by atoms with Crippen molar-refractivity contribution in [1.82, 2.24) is 0 Å². The Balaban J connectivity index is 1.93. The molecule has 1 heteroatoms. The van der Waals surface area contributed by atoms with Gasteiger partial charge < -0.3 is 0 Å². The number of carbonyl (C=O) groups is 1. The minimum Gasteiger partial charge on any atom is -0.294 e. The lowest BCUT2D eigenvalue weighted by atomic mass is 9.79. The molecule has 0 spiro atoms. The van der Waals surface area contributed by atoms with Crippen LogP contribution in [0, 0.1) is 6.92 Å². The van der Waals surface area contributed by atoms with Crippen LogP contribution in [0.5, 0.6) is 0 Å². The predicted molar refractivity (Wildman–Crippen MR) is 87.2 cm³/mol. The Hall–Kier alpha value is -2.15. The highest BCUT2D eigenvalue weighted by atomic mass is 16.1. The van der Waals surface area contributed by atoms with E-state index in [9.17, 15) is 4.79 Å². The molecule has 2 aromatic rings. The van der Waals surface area contributed by atoms with Gasteiger partial charge in [0.2, 0.25) is 0 Å². The predicted octanol–water partition coefficient (Wildman–Crippen LogP) is 4.70. The highest BCUT2D eigenvalue weighted by molar-refractivity contribution is 6.08. The zero-order valence-electron chi connectivity index (χ0n) is 12.6. The van der Waals surface area contributed by atoms with E-state index in [1.54, 1.807) is 0 Å². The maximum absolute atomic E-state index is 12.8. The Morgan fingerprint density at radius 1 is 1.00 bits per heavy atom. The molecule has 1 fully saturated rings. The summed E-state index contributed by atoms with van der Waals surface area (Å²) in [6.45, 7) is 4.15. The monoisotopic (exact) mass is 276 g/mol. The molecule has 0 aliphatic heterocycles. The highest BCUT2D eigenvalue weighted by Crippen LogP contribution is 2.41. The van der Waals surface area contributed by atoms with Gasteiger partial charge in [-0.15, -0.1) is 0 Å². The average Bonchev–Trinajstić information content (AvgIpc) is 2.79. The number of aryl methyl sites for hydroxylation is 1. The molecule has 2 aromatic carbocycles. The SMILES string of the molecule is Cc1ccc(C2(C)CC/C(=C\c3ccccc3)C2=O)cc1. The van der Waals surface area contributed by atoms with E-state index in [4.69, 9.17) is 0 Å². The summed E-state index contributed by atoms with van der Waals surface area (Å²) in [6, 6.07) is 18.5. The van der Waals surface area contributed by atoms with Crippen molar-refractivity contribution in [2.45, 2.75) is 32.1 Å². The number of rotatable bonds is 2. The van der Waals surface area contributed by atoms with E-state index in [0.717, 1.165) is 29.5 Å². The molecule has 0 bridgehead atoms. The van der Waals surface area contributed by atoms with Gasteiger partial charge in [0.25, 0.3) is 0 Å². The maximum atomic E-state index is 12.8. The Kier molecular flexibility index (Phi) is 3.50. The van der Waals surface area contributed by atoms with Gasteiger partial charge in [0.15, 0.2) is 5.78 Å². The molecule has 3 rings (SSSR count). The minimum absolute atomic E-state index is 0.273. The fourth-order valence-corrected chi connectivity index (χ4v) is 3.05. The fourth-order valence-electron chi connectivity index (χ4n) is 3.05. The lowest BCUT2D eigenvalue weighted by Crippen LogP contribution is -2.27. The summed E-state index contributed by atoms with van der Waals surface area (Å²) in [5.41, 5.74) is 4.05. The molecule has 21 heavy (non-hydrogen) atoms. The molecule has 0 aromatic heterocycles. The molecule has 1 atom stereocenters. The van der Waals surface area contributed by atoms with Crippen LogP contribution in [0.3, 0.4) is 0 Å². The summed E-state index contributed by atoms with van der Waals surface area (Å²) < 4.78 is 0. The van der Waals surface area contributed by atoms with Crippen LogP contribution in [0.2, 0.25) is 0 Å². The quantitative estimate of drug-likeness (QED) is 0.727. The van der Waals surface area contributed by atoms with Crippen LogP contribution in [0.1, 0.15) is 36.5 Å². The van der Waals surface area contributed by atoms with Crippen molar-refractivity contribution in [1.29, 1.82) is 0 Å². The molecule has 0 amide bonds. The van der Waals surface area contributed by atoms with Gasteiger partial charge in [-0.05, 0) is 49.5 Å². The smallest absolute Gasteiger partial charge is 0.169 e. The molecule has 1 aliphatic rings. The molecule has 0 radical (unpaired) electrons. The molecule has 1 nitrogen and oxygen atoms in total. The van der Waals surface area contributed by atoms with Crippen molar-refractivity contribution >= 4 is 11.9 Å². The van der Waals surface area contributed by atoms with E-state index in [2.05, 4.69) is 38.1 Å². The number of ketones is 1. The normalized spacial score (nSPS) is 23.7. The second-order valence-electron chi connectivity index (χ2n) is 6.11. The first-order valence-corrected chi connectivity index (χ1v) is 7.47. The maximum Gasteiger partial charge on any atom is 0.169 e. The van der Waals surface area contributed by atoms with Gasteiger partial charge in [-0.25, -0.2) is 0 Å². The molecule has 1 saturated carbocycles. The molecule has 1 aliphatic carbocycles. The first-order chi connectivity index (χ1) is 10.1. The van der Waals surface area contributed by atoms with Crippen molar-refractivity contribution in [3.63, 3.8) is 0 Å². The second kappa shape index (κ2) is 5.33. The van der Waals surface area contributed by atoms with Gasteiger partial charge >= 0.3 is 0 Å². The largest absolute Gasteiger partial charge is 0.294 e. The summed E-state index contributed by atoms with van der Waals surface area (Å²) in [4.78, 5) is 12.8. The van der Waals surface area contributed by atoms with E-state index in [0.29, 0.717) is 0 Å². The number of Topliss-reactive ketones (excluding diaryl/α,β-unsaturated/α-hetero) is 1. The van der Waals surface area contributed by atoms with Crippen LogP contribution in [-0.4, -0.2) is 5.78 Å². The lowest BCUT2D eigenvalue weighted by Gasteiger charge is -2.22. The van der Waals surface area contributed by atoms with Crippen molar-refractivity contribution in [3.8, 4) is 0 Å². The number of hydrogen-bond acceptors (Lipinski definition) is 1. The first-order valence-electron chi connectivity index (χ1n) is 7.47. The van der Waals surface area contributed by atoms with Crippen LogP contribution in [-0.2, 0) is 10.2 Å².